The topological polar surface area (TPSA) is 91.2 Å². The first-order chi connectivity index (χ1) is 18.3. The predicted molar refractivity (Wildman–Crippen MR) is 132 cm³/mol. The minimum atomic E-state index is -4.73. The minimum Gasteiger partial charge on any atom is -0.489 e. The van der Waals surface area contributed by atoms with Crippen LogP contribution in [0.3, 0.4) is 0 Å². The first kappa shape index (κ1) is 24.8. The van der Waals surface area contributed by atoms with Crippen molar-refractivity contribution in [2.24, 2.45) is 0 Å². The molecule has 5 rings (SSSR count). The predicted octanol–water partition coefficient (Wildman–Crippen LogP) is 5.22. The van der Waals surface area contributed by atoms with E-state index < -0.39 is 6.36 Å². The molecular formula is C27H20F3N5O3. The van der Waals surface area contributed by atoms with Crippen molar-refractivity contribution in [3.05, 3.63) is 108 Å². The van der Waals surface area contributed by atoms with Crippen molar-refractivity contribution in [2.45, 2.75) is 19.5 Å². The second-order valence-corrected chi connectivity index (χ2v) is 8.18. The standard InChI is InChI=1S/C27H20F3N5O3/c28-27(29,30)38-23-9-4-18(5-10-23)17-37-22-11-7-21(8-12-22)35-25-13-6-19(15-24(25)33-34-35)26(36)32-16-20-3-1-2-14-31-20/h1-15H,16-17H2,(H,32,36). The third-order valence-corrected chi connectivity index (χ3v) is 5.51. The molecule has 0 fully saturated rings. The van der Waals surface area contributed by atoms with Crippen LogP contribution in [0.2, 0.25) is 0 Å². The molecule has 11 heteroatoms. The van der Waals surface area contributed by atoms with E-state index in [2.05, 4.69) is 25.3 Å². The van der Waals surface area contributed by atoms with Crippen LogP contribution in [-0.4, -0.2) is 32.2 Å². The van der Waals surface area contributed by atoms with E-state index in [9.17, 15) is 18.0 Å². The molecule has 0 aliphatic carbocycles. The van der Waals surface area contributed by atoms with Crippen molar-refractivity contribution in [1.82, 2.24) is 25.3 Å². The summed E-state index contributed by atoms with van der Waals surface area (Å²) in [5.74, 6) is 0.0414. The van der Waals surface area contributed by atoms with Gasteiger partial charge in [0.05, 0.1) is 23.4 Å². The molecule has 5 aromatic rings. The number of aromatic nitrogens is 4. The van der Waals surface area contributed by atoms with Crippen molar-refractivity contribution in [3.63, 3.8) is 0 Å². The van der Waals surface area contributed by atoms with E-state index in [1.165, 1.54) is 24.3 Å². The van der Waals surface area contributed by atoms with Crippen LogP contribution in [0.5, 0.6) is 11.5 Å². The third-order valence-electron chi connectivity index (χ3n) is 5.51. The van der Waals surface area contributed by atoms with Crippen molar-refractivity contribution in [1.29, 1.82) is 0 Å². The smallest absolute Gasteiger partial charge is 0.489 e. The summed E-state index contributed by atoms with van der Waals surface area (Å²) in [4.78, 5) is 16.7. The van der Waals surface area contributed by atoms with Crippen LogP contribution in [0.25, 0.3) is 16.7 Å². The number of alkyl halides is 3. The Labute approximate surface area is 214 Å². The molecule has 0 aliphatic rings. The van der Waals surface area contributed by atoms with Crippen molar-refractivity contribution in [2.75, 3.05) is 0 Å². The molecule has 0 saturated carbocycles. The quantitative estimate of drug-likeness (QED) is 0.302. The summed E-state index contributed by atoms with van der Waals surface area (Å²) in [6.45, 7) is 0.486. The molecular weight excluding hydrogens is 499 g/mol. The van der Waals surface area contributed by atoms with Gasteiger partial charge >= 0.3 is 6.36 Å². The van der Waals surface area contributed by atoms with E-state index in [0.717, 1.165) is 16.9 Å². The van der Waals surface area contributed by atoms with Gasteiger partial charge in [0.1, 0.15) is 23.6 Å². The van der Waals surface area contributed by atoms with Gasteiger partial charge in [0.15, 0.2) is 0 Å². The average molecular weight is 519 g/mol. The average Bonchev–Trinajstić information content (AvgIpc) is 3.35. The minimum absolute atomic E-state index is 0.170. The Bertz CT molecular complexity index is 1540. The van der Waals surface area contributed by atoms with E-state index in [1.807, 2.05) is 18.2 Å². The fourth-order valence-corrected chi connectivity index (χ4v) is 3.67. The Balaban J connectivity index is 1.21. The summed E-state index contributed by atoms with van der Waals surface area (Å²) in [6.07, 6.45) is -3.06. The highest BCUT2D eigenvalue weighted by Crippen LogP contribution is 2.24. The molecule has 0 atom stereocenters. The van der Waals surface area contributed by atoms with Gasteiger partial charge in [-0.1, -0.05) is 23.4 Å². The van der Waals surface area contributed by atoms with E-state index in [0.29, 0.717) is 28.9 Å². The maximum atomic E-state index is 12.6. The van der Waals surface area contributed by atoms with Crippen LogP contribution in [0.15, 0.2) is 91.1 Å². The zero-order valence-corrected chi connectivity index (χ0v) is 19.7. The normalized spacial score (nSPS) is 11.3. The molecule has 192 valence electrons. The first-order valence-electron chi connectivity index (χ1n) is 11.5. The Kier molecular flexibility index (Phi) is 6.90. The van der Waals surface area contributed by atoms with Crippen LogP contribution in [-0.2, 0) is 13.2 Å². The van der Waals surface area contributed by atoms with Gasteiger partial charge in [-0.3, -0.25) is 9.78 Å². The fourth-order valence-electron chi connectivity index (χ4n) is 3.67. The van der Waals surface area contributed by atoms with Crippen molar-refractivity contribution < 1.29 is 27.4 Å². The number of benzene rings is 3. The summed E-state index contributed by atoms with van der Waals surface area (Å²) < 4.78 is 48.1. The lowest BCUT2D eigenvalue weighted by atomic mass is 10.2. The lowest BCUT2D eigenvalue weighted by Crippen LogP contribution is -2.23. The summed E-state index contributed by atoms with van der Waals surface area (Å²) in [5.41, 5.74) is 3.93. The maximum Gasteiger partial charge on any atom is 0.573 e. The SMILES string of the molecule is O=C(NCc1ccccn1)c1ccc2c(c1)nnn2-c1ccc(OCc2ccc(OC(F)(F)F)cc2)cc1. The molecule has 0 bridgehead atoms. The van der Waals surface area contributed by atoms with Crippen LogP contribution < -0.4 is 14.8 Å². The molecule has 0 radical (unpaired) electrons. The number of fused-ring (bicyclic) bond motifs is 1. The second kappa shape index (κ2) is 10.6. The monoisotopic (exact) mass is 519 g/mol. The fraction of sp³-hybridized carbons (Fsp3) is 0.111. The first-order valence-corrected chi connectivity index (χ1v) is 11.5. The van der Waals surface area contributed by atoms with E-state index in [1.54, 1.807) is 53.3 Å². The number of amides is 1. The Morgan fingerprint density at radius 1 is 0.921 bits per heavy atom. The molecule has 2 heterocycles. The maximum absolute atomic E-state index is 12.6. The number of hydrogen-bond acceptors (Lipinski definition) is 6. The number of ether oxygens (including phenoxy) is 2. The molecule has 2 aromatic heterocycles. The largest absolute Gasteiger partial charge is 0.573 e. The molecule has 8 nitrogen and oxygen atoms in total. The molecule has 0 unspecified atom stereocenters. The molecule has 0 spiro atoms. The summed E-state index contributed by atoms with van der Waals surface area (Å²) in [5, 5.41) is 11.2. The number of hydrogen-bond donors (Lipinski definition) is 1. The Hall–Kier alpha value is -4.93. The zero-order chi connectivity index (χ0) is 26.5. The molecule has 38 heavy (non-hydrogen) atoms. The highest BCUT2D eigenvalue weighted by atomic mass is 19.4. The molecule has 3 aromatic carbocycles. The Morgan fingerprint density at radius 2 is 1.68 bits per heavy atom. The van der Waals surface area contributed by atoms with Crippen LogP contribution in [0.1, 0.15) is 21.6 Å². The molecule has 1 N–H and O–H groups in total. The van der Waals surface area contributed by atoms with Gasteiger partial charge in [0, 0.05) is 11.8 Å². The number of pyridine rings is 1. The van der Waals surface area contributed by atoms with E-state index >= 15 is 0 Å². The van der Waals surface area contributed by atoms with Crippen LogP contribution in [0, 0.1) is 0 Å². The summed E-state index contributed by atoms with van der Waals surface area (Å²) in [6, 6.07) is 23.3. The van der Waals surface area contributed by atoms with Gasteiger partial charge in [-0.05, 0) is 72.3 Å². The highest BCUT2D eigenvalue weighted by Gasteiger charge is 2.30. The molecule has 1 amide bonds. The Morgan fingerprint density at radius 3 is 2.39 bits per heavy atom. The number of rotatable bonds is 8. The number of carbonyl (C=O) groups is 1. The molecule has 0 saturated heterocycles. The van der Waals surface area contributed by atoms with Crippen LogP contribution in [0.4, 0.5) is 13.2 Å². The lowest BCUT2D eigenvalue weighted by molar-refractivity contribution is -0.274. The van der Waals surface area contributed by atoms with Gasteiger partial charge in [0.25, 0.3) is 5.91 Å². The lowest BCUT2D eigenvalue weighted by Gasteiger charge is -2.10. The van der Waals surface area contributed by atoms with Gasteiger partial charge in [-0.15, -0.1) is 18.3 Å². The number of nitrogens with zero attached hydrogens (tertiary/aromatic N) is 4. The van der Waals surface area contributed by atoms with Gasteiger partial charge in [0.2, 0.25) is 0 Å². The van der Waals surface area contributed by atoms with Crippen molar-refractivity contribution >= 4 is 16.9 Å². The van der Waals surface area contributed by atoms with Crippen molar-refractivity contribution in [3.8, 4) is 17.2 Å². The van der Waals surface area contributed by atoms with E-state index in [-0.39, 0.29) is 18.3 Å². The zero-order valence-electron chi connectivity index (χ0n) is 19.7. The number of nitrogens with one attached hydrogen (secondary N) is 1. The number of carbonyl (C=O) groups excluding carboxylic acids is 1. The van der Waals surface area contributed by atoms with Crippen LogP contribution >= 0.6 is 0 Å². The third kappa shape index (κ3) is 6.06. The molecule has 0 aliphatic heterocycles. The summed E-state index contributed by atoms with van der Waals surface area (Å²) >= 11 is 0. The van der Waals surface area contributed by atoms with Gasteiger partial charge in [-0.2, -0.15) is 0 Å². The second-order valence-electron chi connectivity index (χ2n) is 8.18. The highest BCUT2D eigenvalue weighted by molar-refractivity contribution is 5.97. The summed E-state index contributed by atoms with van der Waals surface area (Å²) in [7, 11) is 0. The van der Waals surface area contributed by atoms with Gasteiger partial charge < -0.3 is 14.8 Å². The van der Waals surface area contributed by atoms with Gasteiger partial charge in [-0.25, -0.2) is 4.68 Å². The number of halogens is 3. The van der Waals surface area contributed by atoms with E-state index in [4.69, 9.17) is 4.74 Å².